The summed E-state index contributed by atoms with van der Waals surface area (Å²) in [5.41, 5.74) is 2.79. The molecule has 0 radical (unpaired) electrons. The topological polar surface area (TPSA) is 63.0 Å². The van der Waals surface area contributed by atoms with Crippen LogP contribution in [0.1, 0.15) is 38.2 Å². The summed E-state index contributed by atoms with van der Waals surface area (Å²) in [6, 6.07) is 20.5. The van der Waals surface area contributed by atoms with Gasteiger partial charge in [-0.1, -0.05) is 39.7 Å². The third-order valence-corrected chi connectivity index (χ3v) is 7.95. The highest BCUT2D eigenvalue weighted by atomic mass is 79.9. The molecule has 2 amide bonds. The molecule has 1 unspecified atom stereocenters. The molecule has 0 saturated carbocycles. The first-order chi connectivity index (χ1) is 18.0. The van der Waals surface area contributed by atoms with E-state index in [9.17, 15) is 9.59 Å². The first kappa shape index (κ1) is 25.3. The standard InChI is InChI=1S/C29H27BrN2O4S/c1-20-7-9-23(10-8-20)36-19-26-25-12-15-37-27(25)11-13-32(26)28(33)18-31(17-24-6-3-14-35-24)29(34)21-4-2-5-22(30)16-21/h2-10,12,14-16,26H,11,13,17-19H2,1H3. The molecule has 2 aromatic heterocycles. The van der Waals surface area contributed by atoms with Crippen molar-refractivity contribution in [2.75, 3.05) is 19.7 Å². The summed E-state index contributed by atoms with van der Waals surface area (Å²) in [6.07, 6.45) is 2.36. The molecule has 4 aromatic rings. The van der Waals surface area contributed by atoms with Gasteiger partial charge < -0.3 is 19.0 Å². The van der Waals surface area contributed by atoms with Gasteiger partial charge in [0.25, 0.3) is 5.91 Å². The van der Waals surface area contributed by atoms with Crippen molar-refractivity contribution < 1.29 is 18.7 Å². The summed E-state index contributed by atoms with van der Waals surface area (Å²) >= 11 is 5.15. The SMILES string of the molecule is Cc1ccc(OCC2c3ccsc3CCN2C(=O)CN(Cc2ccco2)C(=O)c2cccc(Br)c2)cc1. The Bertz CT molecular complexity index is 1370. The Kier molecular flexibility index (Phi) is 7.76. The number of furan rings is 1. The highest BCUT2D eigenvalue weighted by Crippen LogP contribution is 2.34. The predicted octanol–water partition coefficient (Wildman–Crippen LogP) is 6.26. The minimum atomic E-state index is -0.230. The zero-order valence-electron chi connectivity index (χ0n) is 20.4. The van der Waals surface area contributed by atoms with Crippen molar-refractivity contribution in [1.29, 1.82) is 0 Å². The number of benzene rings is 2. The van der Waals surface area contributed by atoms with Gasteiger partial charge in [-0.3, -0.25) is 9.59 Å². The largest absolute Gasteiger partial charge is 0.491 e. The second kappa shape index (κ2) is 11.4. The molecule has 0 fully saturated rings. The molecule has 8 heteroatoms. The molecule has 190 valence electrons. The van der Waals surface area contributed by atoms with Gasteiger partial charge in [0.2, 0.25) is 5.91 Å². The van der Waals surface area contributed by atoms with Gasteiger partial charge in [0, 0.05) is 21.5 Å². The number of carbonyl (C=O) groups is 2. The molecule has 2 aromatic carbocycles. The average Bonchev–Trinajstić information content (AvgIpc) is 3.59. The normalized spacial score (nSPS) is 14.8. The van der Waals surface area contributed by atoms with Crippen molar-refractivity contribution in [3.05, 3.63) is 110 Å². The van der Waals surface area contributed by atoms with Crippen LogP contribution in [0.4, 0.5) is 0 Å². The maximum Gasteiger partial charge on any atom is 0.254 e. The molecule has 0 spiro atoms. The molecule has 6 nitrogen and oxygen atoms in total. The number of aryl methyl sites for hydroxylation is 1. The first-order valence-corrected chi connectivity index (χ1v) is 13.8. The Balaban J connectivity index is 1.37. The van der Waals surface area contributed by atoms with E-state index < -0.39 is 0 Å². The summed E-state index contributed by atoms with van der Waals surface area (Å²) in [4.78, 5) is 31.9. The number of carbonyl (C=O) groups excluding carboxylic acids is 2. The van der Waals surface area contributed by atoms with Crippen molar-refractivity contribution in [1.82, 2.24) is 9.80 Å². The molecular formula is C29H27BrN2O4S. The fourth-order valence-electron chi connectivity index (χ4n) is 4.53. The quantitative estimate of drug-likeness (QED) is 0.247. The van der Waals surface area contributed by atoms with Crippen LogP contribution in [0.2, 0.25) is 0 Å². The van der Waals surface area contributed by atoms with Crippen LogP contribution in [0.3, 0.4) is 0 Å². The highest BCUT2D eigenvalue weighted by molar-refractivity contribution is 9.10. The molecule has 0 N–H and O–H groups in total. The number of thiophene rings is 1. The van der Waals surface area contributed by atoms with Crippen LogP contribution < -0.4 is 4.74 Å². The molecule has 1 atom stereocenters. The lowest BCUT2D eigenvalue weighted by Gasteiger charge is -2.37. The molecule has 37 heavy (non-hydrogen) atoms. The predicted molar refractivity (Wildman–Crippen MR) is 147 cm³/mol. The summed E-state index contributed by atoms with van der Waals surface area (Å²) in [5.74, 6) is 1.04. The number of hydrogen-bond donors (Lipinski definition) is 0. The molecular weight excluding hydrogens is 552 g/mol. The fraction of sp³-hybridized carbons (Fsp3) is 0.241. The van der Waals surface area contributed by atoms with E-state index in [-0.39, 0.29) is 30.9 Å². The average molecular weight is 580 g/mol. The minimum Gasteiger partial charge on any atom is -0.491 e. The molecule has 5 rings (SSSR count). The number of amides is 2. The van der Waals surface area contributed by atoms with Gasteiger partial charge in [-0.25, -0.2) is 0 Å². The smallest absolute Gasteiger partial charge is 0.254 e. The van der Waals surface area contributed by atoms with E-state index in [1.807, 2.05) is 54.3 Å². The lowest BCUT2D eigenvalue weighted by molar-refractivity contribution is -0.135. The number of hydrogen-bond acceptors (Lipinski definition) is 5. The Morgan fingerprint density at radius 1 is 1.14 bits per heavy atom. The van der Waals surface area contributed by atoms with E-state index in [1.165, 1.54) is 4.88 Å². The van der Waals surface area contributed by atoms with Crippen LogP contribution in [-0.2, 0) is 17.8 Å². The Morgan fingerprint density at radius 2 is 1.97 bits per heavy atom. The molecule has 1 aliphatic heterocycles. The molecule has 1 aliphatic rings. The first-order valence-electron chi connectivity index (χ1n) is 12.1. The molecule has 0 aliphatic carbocycles. The van der Waals surface area contributed by atoms with Crippen LogP contribution in [0.15, 0.2) is 87.3 Å². The number of halogens is 1. The van der Waals surface area contributed by atoms with Gasteiger partial charge in [0.1, 0.15) is 24.7 Å². The van der Waals surface area contributed by atoms with Gasteiger partial charge in [-0.05, 0) is 72.8 Å². The van der Waals surface area contributed by atoms with E-state index in [2.05, 4.69) is 27.4 Å². The van der Waals surface area contributed by atoms with Crippen LogP contribution in [0, 0.1) is 6.92 Å². The van der Waals surface area contributed by atoms with E-state index in [0.29, 0.717) is 24.5 Å². The number of nitrogens with zero attached hydrogens (tertiary/aromatic N) is 2. The summed E-state index contributed by atoms with van der Waals surface area (Å²) in [6.45, 7) is 3.09. The monoisotopic (exact) mass is 578 g/mol. The summed E-state index contributed by atoms with van der Waals surface area (Å²) < 4.78 is 12.4. The number of rotatable bonds is 8. The van der Waals surface area contributed by atoms with Crippen molar-refractivity contribution in [2.45, 2.75) is 25.9 Å². The fourth-order valence-corrected chi connectivity index (χ4v) is 5.86. The molecule has 0 saturated heterocycles. The molecule has 0 bridgehead atoms. The number of fused-ring (bicyclic) bond motifs is 1. The Morgan fingerprint density at radius 3 is 2.73 bits per heavy atom. The second-order valence-electron chi connectivity index (χ2n) is 9.03. The van der Waals surface area contributed by atoms with E-state index in [4.69, 9.17) is 9.15 Å². The third kappa shape index (κ3) is 5.97. The lowest BCUT2D eigenvalue weighted by Crippen LogP contribution is -2.47. The van der Waals surface area contributed by atoms with Crippen LogP contribution in [0.25, 0.3) is 0 Å². The maximum absolute atomic E-state index is 13.8. The van der Waals surface area contributed by atoms with Crippen LogP contribution in [0.5, 0.6) is 5.75 Å². The van der Waals surface area contributed by atoms with Crippen molar-refractivity contribution in [2.24, 2.45) is 0 Å². The lowest BCUT2D eigenvalue weighted by atomic mass is 10.0. The maximum atomic E-state index is 13.8. The van der Waals surface area contributed by atoms with Gasteiger partial charge in [0.15, 0.2) is 0 Å². The van der Waals surface area contributed by atoms with E-state index in [0.717, 1.165) is 27.8 Å². The molecule has 3 heterocycles. The van der Waals surface area contributed by atoms with E-state index >= 15 is 0 Å². The zero-order valence-corrected chi connectivity index (χ0v) is 22.8. The van der Waals surface area contributed by atoms with Gasteiger partial charge in [-0.15, -0.1) is 11.3 Å². The van der Waals surface area contributed by atoms with Crippen LogP contribution in [-0.4, -0.2) is 41.3 Å². The van der Waals surface area contributed by atoms with E-state index in [1.54, 1.807) is 40.7 Å². The van der Waals surface area contributed by atoms with Crippen molar-refractivity contribution in [3.63, 3.8) is 0 Å². The number of ether oxygens (including phenoxy) is 1. The van der Waals surface area contributed by atoms with Crippen molar-refractivity contribution >= 4 is 39.1 Å². The Hall–Kier alpha value is -3.36. The highest BCUT2D eigenvalue weighted by Gasteiger charge is 2.34. The van der Waals surface area contributed by atoms with Gasteiger partial charge in [-0.2, -0.15) is 0 Å². The van der Waals surface area contributed by atoms with Crippen LogP contribution >= 0.6 is 27.3 Å². The Labute approximate surface area is 228 Å². The summed E-state index contributed by atoms with van der Waals surface area (Å²) in [5, 5.41) is 2.07. The second-order valence-corrected chi connectivity index (χ2v) is 10.9. The summed E-state index contributed by atoms with van der Waals surface area (Å²) in [7, 11) is 0. The van der Waals surface area contributed by atoms with Gasteiger partial charge >= 0.3 is 0 Å². The van der Waals surface area contributed by atoms with Crippen molar-refractivity contribution in [3.8, 4) is 5.75 Å². The zero-order chi connectivity index (χ0) is 25.8. The third-order valence-electron chi connectivity index (χ3n) is 6.46. The minimum absolute atomic E-state index is 0.0629. The van der Waals surface area contributed by atoms with Gasteiger partial charge in [0.05, 0.1) is 18.8 Å².